The molecule has 0 spiro atoms. The van der Waals surface area contributed by atoms with Gasteiger partial charge in [0.05, 0.1) is 12.5 Å². The second kappa shape index (κ2) is 6.59. The number of nitrogens with one attached hydrogen (secondary N) is 1. The van der Waals surface area contributed by atoms with Crippen LogP contribution in [0, 0.1) is 11.8 Å². The van der Waals surface area contributed by atoms with Crippen molar-refractivity contribution < 1.29 is 14.4 Å². The molecule has 1 unspecified atom stereocenters. The maximum atomic E-state index is 11.8. The molecule has 0 bridgehead atoms. The Bertz CT molecular complexity index is 279. The van der Waals surface area contributed by atoms with Gasteiger partial charge in [-0.15, -0.1) is 0 Å². The van der Waals surface area contributed by atoms with E-state index in [-0.39, 0.29) is 23.7 Å². The smallest absolute Gasteiger partial charge is 0.248 e. The van der Waals surface area contributed by atoms with Crippen LogP contribution < -0.4 is 5.48 Å². The van der Waals surface area contributed by atoms with Gasteiger partial charge in [0.25, 0.3) is 0 Å². The minimum Gasteiger partial charge on any atom is -0.342 e. The predicted octanol–water partition coefficient (Wildman–Crippen LogP) is 0.949. The van der Waals surface area contributed by atoms with Gasteiger partial charge in [0, 0.05) is 19.0 Å². The molecule has 0 aromatic rings. The minimum absolute atomic E-state index is 0.0105. The number of hydrogen-bond acceptors (Lipinski definition) is 3. The molecule has 1 N–H and O–H groups in total. The number of carbonyl (C=O) groups excluding carboxylic acids is 2. The number of hydroxylamine groups is 1. The zero-order valence-electron chi connectivity index (χ0n) is 10.9. The van der Waals surface area contributed by atoms with Crippen molar-refractivity contribution in [2.45, 2.75) is 33.6 Å². The van der Waals surface area contributed by atoms with Gasteiger partial charge < -0.3 is 4.90 Å². The van der Waals surface area contributed by atoms with E-state index in [1.165, 1.54) is 0 Å². The van der Waals surface area contributed by atoms with Crippen molar-refractivity contribution in [3.05, 3.63) is 0 Å². The molecule has 0 saturated carbocycles. The van der Waals surface area contributed by atoms with Crippen molar-refractivity contribution in [1.82, 2.24) is 10.4 Å². The molecule has 2 amide bonds. The summed E-state index contributed by atoms with van der Waals surface area (Å²) < 4.78 is 0. The highest BCUT2D eigenvalue weighted by atomic mass is 16.6. The standard InChI is InChI=1S/C12H22N2O3/c1-4-17-13-11(15)10-6-5-7-14(8-10)12(16)9(2)3/h9-10H,4-8H2,1-3H3,(H,13,15). The van der Waals surface area contributed by atoms with Gasteiger partial charge in [-0.2, -0.15) is 0 Å². The Morgan fingerprint density at radius 1 is 1.47 bits per heavy atom. The quantitative estimate of drug-likeness (QED) is 0.747. The molecule has 1 atom stereocenters. The van der Waals surface area contributed by atoms with Crippen LogP contribution in [0.4, 0.5) is 0 Å². The van der Waals surface area contributed by atoms with Crippen molar-refractivity contribution in [1.29, 1.82) is 0 Å². The molecule has 1 aliphatic rings. The van der Waals surface area contributed by atoms with Crippen LogP contribution in [-0.2, 0) is 14.4 Å². The molecule has 1 fully saturated rings. The third kappa shape index (κ3) is 4.00. The van der Waals surface area contributed by atoms with Crippen LogP contribution in [0.2, 0.25) is 0 Å². The van der Waals surface area contributed by atoms with E-state index in [4.69, 9.17) is 4.84 Å². The number of piperidine rings is 1. The highest BCUT2D eigenvalue weighted by molar-refractivity contribution is 5.81. The molecule has 1 rings (SSSR count). The first-order chi connectivity index (χ1) is 8.06. The van der Waals surface area contributed by atoms with Gasteiger partial charge in [0.2, 0.25) is 11.8 Å². The summed E-state index contributed by atoms with van der Waals surface area (Å²) in [5, 5.41) is 0. The molecule has 1 saturated heterocycles. The lowest BCUT2D eigenvalue weighted by atomic mass is 9.96. The van der Waals surface area contributed by atoms with E-state index in [2.05, 4.69) is 5.48 Å². The van der Waals surface area contributed by atoms with Crippen LogP contribution in [0.25, 0.3) is 0 Å². The van der Waals surface area contributed by atoms with E-state index in [0.29, 0.717) is 13.2 Å². The van der Waals surface area contributed by atoms with Gasteiger partial charge in [-0.3, -0.25) is 14.4 Å². The molecule has 0 aliphatic carbocycles. The van der Waals surface area contributed by atoms with Crippen molar-refractivity contribution in [2.75, 3.05) is 19.7 Å². The summed E-state index contributed by atoms with van der Waals surface area (Å²) in [6.07, 6.45) is 1.70. The fraction of sp³-hybridized carbons (Fsp3) is 0.833. The molecular weight excluding hydrogens is 220 g/mol. The molecule has 98 valence electrons. The molecule has 0 aromatic carbocycles. The molecule has 5 nitrogen and oxygen atoms in total. The summed E-state index contributed by atoms with van der Waals surface area (Å²) in [4.78, 5) is 30.2. The highest BCUT2D eigenvalue weighted by Crippen LogP contribution is 2.18. The van der Waals surface area contributed by atoms with Crippen molar-refractivity contribution in [3.8, 4) is 0 Å². The van der Waals surface area contributed by atoms with Crippen LogP contribution >= 0.6 is 0 Å². The van der Waals surface area contributed by atoms with Gasteiger partial charge >= 0.3 is 0 Å². The molecule has 17 heavy (non-hydrogen) atoms. The van der Waals surface area contributed by atoms with E-state index in [1.54, 1.807) is 4.90 Å². The average Bonchev–Trinajstić information content (AvgIpc) is 2.35. The SMILES string of the molecule is CCONC(=O)C1CCCN(C(=O)C(C)C)C1. The Balaban J connectivity index is 2.48. The van der Waals surface area contributed by atoms with Crippen molar-refractivity contribution in [3.63, 3.8) is 0 Å². The summed E-state index contributed by atoms with van der Waals surface area (Å²) in [6.45, 7) is 7.30. The lowest BCUT2D eigenvalue weighted by Gasteiger charge is -2.33. The van der Waals surface area contributed by atoms with Gasteiger partial charge in [-0.25, -0.2) is 5.48 Å². The maximum Gasteiger partial charge on any atom is 0.248 e. The number of rotatable bonds is 4. The van der Waals surface area contributed by atoms with Gasteiger partial charge in [0.1, 0.15) is 0 Å². The van der Waals surface area contributed by atoms with Crippen LogP contribution in [0.1, 0.15) is 33.6 Å². The van der Waals surface area contributed by atoms with Crippen molar-refractivity contribution >= 4 is 11.8 Å². The van der Waals surface area contributed by atoms with Gasteiger partial charge in [-0.05, 0) is 19.8 Å². The molecule has 1 aliphatic heterocycles. The monoisotopic (exact) mass is 242 g/mol. The first-order valence-corrected chi connectivity index (χ1v) is 6.26. The second-order valence-electron chi connectivity index (χ2n) is 4.68. The summed E-state index contributed by atoms with van der Waals surface area (Å²) >= 11 is 0. The second-order valence-corrected chi connectivity index (χ2v) is 4.68. The molecular formula is C12H22N2O3. The van der Waals surface area contributed by atoms with E-state index >= 15 is 0 Å². The summed E-state index contributed by atoms with van der Waals surface area (Å²) in [6, 6.07) is 0. The Labute approximate surface area is 102 Å². The third-order valence-electron chi connectivity index (χ3n) is 2.91. The lowest BCUT2D eigenvalue weighted by Crippen LogP contribution is -2.46. The van der Waals surface area contributed by atoms with Crippen LogP contribution in [0.3, 0.4) is 0 Å². The first kappa shape index (κ1) is 14.0. The molecule has 0 aromatic heterocycles. The fourth-order valence-corrected chi connectivity index (χ4v) is 1.98. The summed E-state index contributed by atoms with van der Waals surface area (Å²) in [5.74, 6) is -0.145. The third-order valence-corrected chi connectivity index (χ3v) is 2.91. The summed E-state index contributed by atoms with van der Waals surface area (Å²) in [7, 11) is 0. The normalized spacial score (nSPS) is 20.5. The fourth-order valence-electron chi connectivity index (χ4n) is 1.98. The zero-order valence-corrected chi connectivity index (χ0v) is 10.9. The average molecular weight is 242 g/mol. The summed E-state index contributed by atoms with van der Waals surface area (Å²) in [5.41, 5.74) is 2.41. The Kier molecular flexibility index (Phi) is 5.41. The zero-order chi connectivity index (χ0) is 12.8. The molecule has 5 heteroatoms. The number of amides is 2. The Morgan fingerprint density at radius 3 is 2.76 bits per heavy atom. The predicted molar refractivity (Wildman–Crippen MR) is 63.9 cm³/mol. The maximum absolute atomic E-state index is 11.8. The largest absolute Gasteiger partial charge is 0.342 e. The molecule has 0 radical (unpaired) electrons. The van der Waals surface area contributed by atoms with Gasteiger partial charge in [-0.1, -0.05) is 13.8 Å². The van der Waals surface area contributed by atoms with Crippen LogP contribution in [0.15, 0.2) is 0 Å². The van der Waals surface area contributed by atoms with E-state index in [9.17, 15) is 9.59 Å². The lowest BCUT2D eigenvalue weighted by molar-refractivity contribution is -0.143. The Morgan fingerprint density at radius 2 is 2.18 bits per heavy atom. The number of likely N-dealkylation sites (tertiary alicyclic amines) is 1. The number of nitrogens with zero attached hydrogens (tertiary/aromatic N) is 1. The first-order valence-electron chi connectivity index (χ1n) is 6.26. The van der Waals surface area contributed by atoms with E-state index < -0.39 is 0 Å². The molecule has 1 heterocycles. The van der Waals surface area contributed by atoms with Gasteiger partial charge in [0.15, 0.2) is 0 Å². The minimum atomic E-state index is -0.141. The topological polar surface area (TPSA) is 58.6 Å². The number of hydrogen-bond donors (Lipinski definition) is 1. The van der Waals surface area contributed by atoms with E-state index in [0.717, 1.165) is 19.4 Å². The Hall–Kier alpha value is -1.10. The highest BCUT2D eigenvalue weighted by Gasteiger charge is 2.29. The number of carbonyl (C=O) groups is 2. The van der Waals surface area contributed by atoms with Crippen LogP contribution in [0.5, 0.6) is 0 Å². The van der Waals surface area contributed by atoms with Crippen molar-refractivity contribution in [2.24, 2.45) is 11.8 Å². The van der Waals surface area contributed by atoms with E-state index in [1.807, 2.05) is 20.8 Å². The van der Waals surface area contributed by atoms with Crippen LogP contribution in [-0.4, -0.2) is 36.4 Å².